The Bertz CT molecular complexity index is 1360. The number of rotatable bonds is 6. The number of fused-ring (bicyclic) bond motifs is 1. The average Bonchev–Trinajstić information content (AvgIpc) is 3.23. The van der Waals surface area contributed by atoms with E-state index >= 15 is 0 Å². The third-order valence-corrected chi connectivity index (χ3v) is 5.14. The second kappa shape index (κ2) is 8.72. The van der Waals surface area contributed by atoms with Gasteiger partial charge in [0, 0.05) is 28.4 Å². The Balaban J connectivity index is 1.67. The van der Waals surface area contributed by atoms with Gasteiger partial charge in [-0.25, -0.2) is 0 Å². The number of aryl methyl sites for hydroxylation is 1. The van der Waals surface area contributed by atoms with Crippen LogP contribution in [-0.4, -0.2) is 39.3 Å². The van der Waals surface area contributed by atoms with Crippen LogP contribution in [0.2, 0.25) is 5.02 Å². The van der Waals surface area contributed by atoms with Gasteiger partial charge in [0.05, 0.1) is 19.9 Å². The highest BCUT2D eigenvalue weighted by atomic mass is 35.5. The summed E-state index contributed by atoms with van der Waals surface area (Å²) in [5, 5.41) is 7.72. The molecule has 0 aliphatic carbocycles. The van der Waals surface area contributed by atoms with Gasteiger partial charge in [-0.2, -0.15) is 9.50 Å². The maximum absolute atomic E-state index is 12.8. The predicted molar refractivity (Wildman–Crippen MR) is 121 cm³/mol. The van der Waals surface area contributed by atoms with Crippen LogP contribution in [0.25, 0.3) is 17.2 Å². The summed E-state index contributed by atoms with van der Waals surface area (Å²) in [5.74, 6) is 1.37. The van der Waals surface area contributed by atoms with Crippen molar-refractivity contribution in [3.63, 3.8) is 0 Å². The lowest BCUT2D eigenvalue weighted by molar-refractivity contribution is -0.116. The molecule has 0 saturated carbocycles. The van der Waals surface area contributed by atoms with Gasteiger partial charge in [0.25, 0.3) is 5.56 Å². The Hall–Kier alpha value is -3.85. The molecule has 9 nitrogen and oxygen atoms in total. The SMILES string of the molecule is COc1ccc(NC(=O)Cn2c(C)cc(=O)n3nc(-c4ccc(Cl)cc4)nc23)c(OC)c1. The van der Waals surface area contributed by atoms with Crippen LogP contribution in [0.15, 0.2) is 53.3 Å². The minimum atomic E-state index is -0.335. The summed E-state index contributed by atoms with van der Waals surface area (Å²) in [7, 11) is 3.06. The van der Waals surface area contributed by atoms with E-state index in [2.05, 4.69) is 15.4 Å². The molecule has 10 heteroatoms. The molecule has 0 unspecified atom stereocenters. The van der Waals surface area contributed by atoms with Gasteiger partial charge in [0.15, 0.2) is 5.82 Å². The summed E-state index contributed by atoms with van der Waals surface area (Å²) < 4.78 is 13.3. The van der Waals surface area contributed by atoms with E-state index < -0.39 is 0 Å². The van der Waals surface area contributed by atoms with Crippen molar-refractivity contribution in [2.24, 2.45) is 0 Å². The molecule has 0 fully saturated rings. The third-order valence-electron chi connectivity index (χ3n) is 4.89. The van der Waals surface area contributed by atoms with E-state index in [1.54, 1.807) is 61.1 Å². The van der Waals surface area contributed by atoms with Crippen molar-refractivity contribution in [2.75, 3.05) is 19.5 Å². The van der Waals surface area contributed by atoms with E-state index in [9.17, 15) is 9.59 Å². The first-order chi connectivity index (χ1) is 15.4. The molecule has 4 aromatic rings. The molecular weight excluding hydrogens is 434 g/mol. The number of benzene rings is 2. The number of halogens is 1. The number of hydrogen-bond donors (Lipinski definition) is 1. The summed E-state index contributed by atoms with van der Waals surface area (Å²) in [4.78, 5) is 29.8. The summed E-state index contributed by atoms with van der Waals surface area (Å²) in [5.41, 5.74) is 1.44. The van der Waals surface area contributed by atoms with Crippen LogP contribution in [0.3, 0.4) is 0 Å². The number of nitrogens with one attached hydrogen (secondary N) is 1. The van der Waals surface area contributed by atoms with E-state index in [0.29, 0.717) is 39.3 Å². The summed E-state index contributed by atoms with van der Waals surface area (Å²) in [6, 6.07) is 13.5. The molecule has 0 saturated heterocycles. The Kier molecular flexibility index (Phi) is 5.83. The van der Waals surface area contributed by atoms with Gasteiger partial charge in [0.1, 0.15) is 18.0 Å². The molecule has 0 aliphatic heterocycles. The zero-order chi connectivity index (χ0) is 22.8. The molecule has 0 atom stereocenters. The van der Waals surface area contributed by atoms with Crippen LogP contribution in [0, 0.1) is 6.92 Å². The van der Waals surface area contributed by atoms with Crippen molar-refractivity contribution < 1.29 is 14.3 Å². The molecule has 0 radical (unpaired) electrons. The lowest BCUT2D eigenvalue weighted by atomic mass is 10.2. The first kappa shape index (κ1) is 21.4. The topological polar surface area (TPSA) is 99.8 Å². The monoisotopic (exact) mass is 453 g/mol. The molecule has 2 aromatic carbocycles. The Morgan fingerprint density at radius 2 is 1.84 bits per heavy atom. The number of nitrogens with zero attached hydrogens (tertiary/aromatic N) is 4. The van der Waals surface area contributed by atoms with Crippen molar-refractivity contribution >= 4 is 29.0 Å². The molecule has 164 valence electrons. The molecule has 2 heterocycles. The number of aromatic nitrogens is 4. The highest BCUT2D eigenvalue weighted by molar-refractivity contribution is 6.30. The van der Waals surface area contributed by atoms with E-state index in [4.69, 9.17) is 21.1 Å². The predicted octanol–water partition coefficient (Wildman–Crippen LogP) is 3.18. The molecule has 1 N–H and O–H groups in total. The highest BCUT2D eigenvalue weighted by Gasteiger charge is 2.17. The van der Waals surface area contributed by atoms with Gasteiger partial charge < -0.3 is 19.4 Å². The molecular formula is C22H20ClN5O4. The largest absolute Gasteiger partial charge is 0.497 e. The summed E-state index contributed by atoms with van der Waals surface area (Å²) in [6.45, 7) is 1.66. The lowest BCUT2D eigenvalue weighted by Crippen LogP contribution is -2.25. The molecule has 2 aromatic heterocycles. The van der Waals surface area contributed by atoms with Gasteiger partial charge in [-0.3, -0.25) is 9.59 Å². The molecule has 0 spiro atoms. The van der Waals surface area contributed by atoms with E-state index in [0.717, 1.165) is 0 Å². The number of methoxy groups -OCH3 is 2. The number of hydrogen-bond acceptors (Lipinski definition) is 6. The maximum atomic E-state index is 12.8. The van der Waals surface area contributed by atoms with Crippen LogP contribution < -0.4 is 20.3 Å². The van der Waals surface area contributed by atoms with Crippen molar-refractivity contribution in [1.82, 2.24) is 19.2 Å². The minimum Gasteiger partial charge on any atom is -0.497 e. The molecule has 1 amide bonds. The molecule has 0 bridgehead atoms. The number of anilines is 1. The molecule has 32 heavy (non-hydrogen) atoms. The maximum Gasteiger partial charge on any atom is 0.275 e. The number of ether oxygens (including phenoxy) is 2. The third kappa shape index (κ3) is 4.15. The van der Waals surface area contributed by atoms with Gasteiger partial charge >= 0.3 is 0 Å². The zero-order valence-corrected chi connectivity index (χ0v) is 18.4. The Morgan fingerprint density at radius 1 is 1.09 bits per heavy atom. The van der Waals surface area contributed by atoms with Crippen molar-refractivity contribution in [1.29, 1.82) is 0 Å². The fourth-order valence-corrected chi connectivity index (χ4v) is 3.38. The van der Waals surface area contributed by atoms with Crippen LogP contribution in [-0.2, 0) is 11.3 Å². The second-order valence-corrected chi connectivity index (χ2v) is 7.42. The smallest absolute Gasteiger partial charge is 0.275 e. The minimum absolute atomic E-state index is 0.0798. The van der Waals surface area contributed by atoms with E-state index in [-0.39, 0.29) is 23.8 Å². The quantitative estimate of drug-likeness (QED) is 0.481. The zero-order valence-electron chi connectivity index (χ0n) is 17.6. The number of carbonyl (C=O) groups excluding carboxylic acids is 1. The van der Waals surface area contributed by atoms with Gasteiger partial charge in [-0.1, -0.05) is 11.6 Å². The highest BCUT2D eigenvalue weighted by Crippen LogP contribution is 2.29. The van der Waals surface area contributed by atoms with Gasteiger partial charge in [-0.15, -0.1) is 5.10 Å². The van der Waals surface area contributed by atoms with Gasteiger partial charge in [-0.05, 0) is 43.3 Å². The Morgan fingerprint density at radius 3 is 2.53 bits per heavy atom. The number of amides is 1. The normalized spacial score (nSPS) is 10.9. The molecule has 4 rings (SSSR count). The number of carbonyl (C=O) groups is 1. The van der Waals surface area contributed by atoms with Crippen molar-refractivity contribution in [2.45, 2.75) is 13.5 Å². The van der Waals surface area contributed by atoms with Gasteiger partial charge in [0.2, 0.25) is 11.7 Å². The van der Waals surface area contributed by atoms with Crippen LogP contribution >= 0.6 is 11.6 Å². The fraction of sp³-hybridized carbons (Fsp3) is 0.182. The standard InChI is InChI=1S/C22H20ClN5O4/c1-13-10-20(30)28-22(25-21(26-28)14-4-6-15(23)7-5-14)27(13)12-19(29)24-17-9-8-16(31-2)11-18(17)32-3/h4-11H,12H2,1-3H3,(H,24,29). The fourth-order valence-electron chi connectivity index (χ4n) is 3.25. The molecule has 0 aliphatic rings. The van der Waals surface area contributed by atoms with Crippen molar-refractivity contribution in [3.8, 4) is 22.9 Å². The first-order valence-corrected chi connectivity index (χ1v) is 10.0. The average molecular weight is 454 g/mol. The summed E-state index contributed by atoms with van der Waals surface area (Å²) >= 11 is 5.95. The van der Waals surface area contributed by atoms with Crippen LogP contribution in [0.5, 0.6) is 11.5 Å². The first-order valence-electron chi connectivity index (χ1n) is 9.64. The van der Waals surface area contributed by atoms with Crippen LogP contribution in [0.4, 0.5) is 5.69 Å². The van der Waals surface area contributed by atoms with Crippen LogP contribution in [0.1, 0.15) is 5.69 Å². The second-order valence-electron chi connectivity index (χ2n) is 6.98. The summed E-state index contributed by atoms with van der Waals surface area (Å²) in [6.07, 6.45) is 0. The van der Waals surface area contributed by atoms with Crippen molar-refractivity contribution in [3.05, 3.63) is 69.6 Å². The van der Waals surface area contributed by atoms with E-state index in [1.165, 1.54) is 17.7 Å². The lowest BCUT2D eigenvalue weighted by Gasteiger charge is -2.14. The Labute approximate surface area is 188 Å². The van der Waals surface area contributed by atoms with E-state index in [1.807, 2.05) is 0 Å².